The first-order valence-corrected chi connectivity index (χ1v) is 14.8. The van der Waals surface area contributed by atoms with Gasteiger partial charge in [0.1, 0.15) is 0 Å². The molecule has 0 unspecified atom stereocenters. The third kappa shape index (κ3) is 28.8. The van der Waals surface area contributed by atoms with Gasteiger partial charge in [0.25, 0.3) is 0 Å². The third-order valence-corrected chi connectivity index (χ3v) is 6.68. The molecule has 0 aliphatic heterocycles. The Morgan fingerprint density at radius 3 is 0.750 bits per heavy atom. The summed E-state index contributed by atoms with van der Waals surface area (Å²) in [6, 6.07) is 0. The normalized spacial score (nSPS) is 11.4. The monoisotopic (exact) mass is 516 g/mol. The zero-order chi connectivity index (χ0) is 28.3. The number of aliphatic carboxylic acids is 2. The highest BCUT2D eigenvalue weighted by molar-refractivity contribution is 5.89. The zero-order valence-electron chi connectivity index (χ0n) is 25.5. The van der Waals surface area contributed by atoms with Gasteiger partial charge in [0.15, 0.2) is 0 Å². The Labute approximate surface area is 224 Å². The van der Waals surface area contributed by atoms with Gasteiger partial charge in [-0.25, -0.2) is 9.59 Å². The van der Waals surface area contributed by atoms with E-state index in [0.717, 1.165) is 0 Å². The second-order valence-electron chi connectivity index (χ2n) is 10.7. The van der Waals surface area contributed by atoms with Crippen LogP contribution in [-0.2, 0) is 9.59 Å². The zero-order valence-corrected chi connectivity index (χ0v) is 25.5. The average molecular weight is 517 g/mol. The van der Waals surface area contributed by atoms with Crippen LogP contribution in [0.3, 0.4) is 0 Å². The van der Waals surface area contributed by atoms with Crippen LogP contribution in [0.25, 0.3) is 0 Å². The molecule has 36 heavy (non-hydrogen) atoms. The summed E-state index contributed by atoms with van der Waals surface area (Å²) < 4.78 is 2.63. The maximum absolute atomic E-state index is 9.55. The maximum atomic E-state index is 9.55. The molecule has 6 heteroatoms. The van der Waals surface area contributed by atoms with E-state index in [-0.39, 0.29) is 0 Å². The van der Waals surface area contributed by atoms with Gasteiger partial charge in [0.05, 0.1) is 53.4 Å². The number of unbranched alkanes of at least 4 members (excludes halogenated alkanes) is 6. The molecule has 0 radical (unpaired) electrons. The lowest BCUT2D eigenvalue weighted by Gasteiger charge is -2.34. The van der Waals surface area contributed by atoms with Gasteiger partial charge in [0, 0.05) is 12.2 Å². The first-order chi connectivity index (χ1) is 17.0. The fourth-order valence-corrected chi connectivity index (χ4v) is 4.05. The second-order valence-corrected chi connectivity index (χ2v) is 10.7. The molecule has 6 nitrogen and oxygen atoms in total. The summed E-state index contributed by atoms with van der Waals surface area (Å²) in [6.45, 7) is 22.1. The summed E-state index contributed by atoms with van der Waals surface area (Å²) >= 11 is 0. The molecular weight excluding hydrogens is 452 g/mol. The van der Waals surface area contributed by atoms with E-state index in [0.29, 0.717) is 12.2 Å². The largest absolute Gasteiger partial charge is 0.478 e. The Morgan fingerprint density at radius 1 is 0.472 bits per heavy atom. The van der Waals surface area contributed by atoms with Crippen LogP contribution in [0.4, 0.5) is 0 Å². The molecule has 2 N–H and O–H groups in total. The van der Waals surface area contributed by atoms with Gasteiger partial charge in [-0.2, -0.15) is 0 Å². The Kier molecular flexibility index (Phi) is 29.0. The van der Waals surface area contributed by atoms with Gasteiger partial charge in [-0.3, -0.25) is 0 Å². The summed E-state index contributed by atoms with van der Waals surface area (Å²) in [7, 11) is 4.89. The van der Waals surface area contributed by atoms with Gasteiger partial charge >= 0.3 is 11.9 Å². The summed E-state index contributed by atoms with van der Waals surface area (Å²) in [5.41, 5.74) is 0. The van der Waals surface area contributed by atoms with Gasteiger partial charge in [-0.05, 0) is 38.5 Å². The van der Waals surface area contributed by atoms with E-state index in [1.807, 2.05) is 0 Å². The molecular formula is C30H64N2O4+2. The first-order valence-electron chi connectivity index (χ1n) is 14.8. The fraction of sp³-hybridized carbons (Fsp3) is 0.867. The summed E-state index contributed by atoms with van der Waals surface area (Å²) in [5, 5.41) is 15.6. The minimum atomic E-state index is -1.26. The van der Waals surface area contributed by atoms with Crippen LogP contribution in [0, 0.1) is 0 Å². The van der Waals surface area contributed by atoms with Crippen molar-refractivity contribution in [2.24, 2.45) is 0 Å². The topological polar surface area (TPSA) is 74.6 Å². The molecule has 0 saturated heterocycles. The Hall–Kier alpha value is -1.40. The highest BCUT2D eigenvalue weighted by atomic mass is 16.4. The molecule has 216 valence electrons. The quantitative estimate of drug-likeness (QED) is 0.131. The predicted octanol–water partition coefficient (Wildman–Crippen LogP) is 7.38. The van der Waals surface area contributed by atoms with Crippen LogP contribution < -0.4 is 0 Å². The van der Waals surface area contributed by atoms with Gasteiger partial charge < -0.3 is 19.2 Å². The maximum Gasteiger partial charge on any atom is 0.328 e. The van der Waals surface area contributed by atoms with Crippen molar-refractivity contribution < 1.29 is 28.8 Å². The van der Waals surface area contributed by atoms with Gasteiger partial charge in [0.2, 0.25) is 0 Å². The number of carboxylic acids is 2. The van der Waals surface area contributed by atoms with E-state index < -0.39 is 11.9 Å². The Balaban J connectivity index is -0.000000472. The molecule has 0 aliphatic rings. The molecule has 0 fully saturated rings. The van der Waals surface area contributed by atoms with Crippen molar-refractivity contribution in [3.8, 4) is 0 Å². The molecule has 0 aromatic heterocycles. The van der Waals surface area contributed by atoms with Crippen LogP contribution in [0.2, 0.25) is 0 Å². The number of hydrogen-bond acceptors (Lipinski definition) is 2. The Morgan fingerprint density at radius 2 is 0.639 bits per heavy atom. The molecule has 0 bridgehead atoms. The van der Waals surface area contributed by atoms with E-state index in [1.165, 1.54) is 125 Å². The highest BCUT2D eigenvalue weighted by Gasteiger charge is 2.19. The van der Waals surface area contributed by atoms with E-state index in [9.17, 15) is 9.59 Å². The third-order valence-electron chi connectivity index (χ3n) is 6.68. The van der Waals surface area contributed by atoms with Crippen LogP contribution in [0.15, 0.2) is 12.2 Å². The molecule has 0 heterocycles. The molecule has 0 amide bonds. The van der Waals surface area contributed by atoms with Crippen molar-refractivity contribution in [1.29, 1.82) is 0 Å². The lowest BCUT2D eigenvalue weighted by atomic mass is 10.2. The van der Waals surface area contributed by atoms with Crippen LogP contribution in [0.5, 0.6) is 0 Å². The molecule has 0 aromatic rings. The van der Waals surface area contributed by atoms with Crippen molar-refractivity contribution in [3.05, 3.63) is 12.2 Å². The molecule has 0 rings (SSSR count). The first kappa shape index (κ1) is 39.1. The summed E-state index contributed by atoms with van der Waals surface area (Å²) in [6.07, 6.45) is 17.5. The molecule has 0 atom stereocenters. The number of rotatable bonds is 20. The van der Waals surface area contributed by atoms with Crippen molar-refractivity contribution in [2.45, 2.75) is 119 Å². The standard InChI is InChI=1S/2C13H30N.C4H4O4/c2*1-5-8-11-14(4,12-9-6-2)13-10-7-3;5-3(6)1-2-4(7)8/h2*5-13H2,1-4H3;1-2H,(H,5,6)(H,7,8)/q2*+1;/b;;2-1+. The minimum Gasteiger partial charge on any atom is -0.478 e. The van der Waals surface area contributed by atoms with E-state index >= 15 is 0 Å². The van der Waals surface area contributed by atoms with Crippen molar-refractivity contribution in [1.82, 2.24) is 0 Å². The van der Waals surface area contributed by atoms with Crippen molar-refractivity contribution >= 4 is 11.9 Å². The van der Waals surface area contributed by atoms with Crippen molar-refractivity contribution in [3.63, 3.8) is 0 Å². The van der Waals surface area contributed by atoms with E-state index in [4.69, 9.17) is 10.2 Å². The predicted molar refractivity (Wildman–Crippen MR) is 155 cm³/mol. The van der Waals surface area contributed by atoms with Gasteiger partial charge in [-0.1, -0.05) is 80.1 Å². The van der Waals surface area contributed by atoms with Crippen LogP contribution in [0.1, 0.15) is 119 Å². The number of quaternary nitrogens is 2. The average Bonchev–Trinajstić information content (AvgIpc) is 2.86. The SMILES string of the molecule is CCCC[N+](C)(CCCC)CCCC.CCCC[N+](C)(CCCC)CCCC.O=C(O)/C=C/C(=O)O. The van der Waals surface area contributed by atoms with Gasteiger partial charge in [-0.15, -0.1) is 0 Å². The molecule has 0 saturated carbocycles. The van der Waals surface area contributed by atoms with E-state index in [1.54, 1.807) is 0 Å². The van der Waals surface area contributed by atoms with Crippen molar-refractivity contribution in [2.75, 3.05) is 53.4 Å². The number of nitrogens with zero attached hydrogens (tertiary/aromatic N) is 2. The highest BCUT2D eigenvalue weighted by Crippen LogP contribution is 2.11. The molecule has 0 aromatic carbocycles. The fourth-order valence-electron chi connectivity index (χ4n) is 4.05. The number of hydrogen-bond donors (Lipinski definition) is 2. The Bertz CT molecular complexity index is 445. The van der Waals surface area contributed by atoms with Crippen LogP contribution >= 0.6 is 0 Å². The lowest BCUT2D eigenvalue weighted by molar-refractivity contribution is -0.910. The second kappa shape index (κ2) is 26.7. The smallest absolute Gasteiger partial charge is 0.328 e. The van der Waals surface area contributed by atoms with E-state index in [2.05, 4.69) is 55.6 Å². The van der Waals surface area contributed by atoms with Crippen LogP contribution in [-0.4, -0.2) is 84.5 Å². The number of carbonyl (C=O) groups is 2. The lowest BCUT2D eigenvalue weighted by Crippen LogP contribution is -2.46. The molecule has 0 aliphatic carbocycles. The molecule has 0 spiro atoms. The number of carboxylic acid groups (broad SMARTS) is 2. The minimum absolute atomic E-state index is 0.558. The summed E-state index contributed by atoms with van der Waals surface area (Å²) in [5.74, 6) is -2.51. The summed E-state index contributed by atoms with van der Waals surface area (Å²) in [4.78, 5) is 19.1.